The molecule has 0 unspecified atom stereocenters. The Morgan fingerprint density at radius 2 is 0.925 bits per heavy atom. The van der Waals surface area contributed by atoms with Crippen LogP contribution in [0.2, 0.25) is 0 Å². The van der Waals surface area contributed by atoms with Gasteiger partial charge < -0.3 is 43.3 Å². The number of likely N-dealkylation sites (N-methyl/N-ethyl adjacent to an activating group) is 2. The van der Waals surface area contributed by atoms with Crippen LogP contribution in [0.1, 0.15) is 38.8 Å². The minimum absolute atomic E-state index is 0. The van der Waals surface area contributed by atoms with Crippen LogP contribution in [0.4, 0.5) is 0 Å². The molecule has 0 atom stereocenters. The number of carbonyl (C=O) groups is 2. The molecule has 0 heterocycles. The summed E-state index contributed by atoms with van der Waals surface area (Å²) in [6.45, 7) is 24.1. The van der Waals surface area contributed by atoms with Crippen molar-refractivity contribution in [3.05, 3.63) is 97.1 Å². The summed E-state index contributed by atoms with van der Waals surface area (Å²) in [6, 6.07) is 20.9. The highest BCUT2D eigenvalue weighted by Gasteiger charge is 2.25. The fourth-order valence-electron chi connectivity index (χ4n) is 4.42. The largest absolute Gasteiger partial charge is 1.00 e. The van der Waals surface area contributed by atoms with Gasteiger partial charge in [-0.05, 0) is 27.7 Å². The average Bonchev–Trinajstić information content (AvgIpc) is 2.97. The number of hydrogen-bond donors (Lipinski definition) is 0. The molecule has 0 aliphatic carbocycles. The molecular formula is C32H48Cl2N2O4. The highest BCUT2D eigenvalue weighted by Crippen LogP contribution is 2.15. The zero-order chi connectivity index (χ0) is 28.3. The summed E-state index contributed by atoms with van der Waals surface area (Å²) in [5, 5.41) is 0. The second-order valence-electron chi connectivity index (χ2n) is 9.43. The van der Waals surface area contributed by atoms with E-state index in [1.54, 1.807) is 0 Å². The van der Waals surface area contributed by atoms with Crippen molar-refractivity contribution in [2.45, 2.75) is 40.8 Å². The minimum Gasteiger partial charge on any atom is -1.00 e. The molecular weight excluding hydrogens is 547 g/mol. The van der Waals surface area contributed by atoms with E-state index in [4.69, 9.17) is 9.47 Å². The lowest BCUT2D eigenvalue weighted by Gasteiger charge is -2.36. The first-order valence-corrected chi connectivity index (χ1v) is 13.7. The fraction of sp³-hybridized carbons (Fsp3) is 0.438. The molecule has 0 spiro atoms. The van der Waals surface area contributed by atoms with Gasteiger partial charge in [0.15, 0.2) is 0 Å². The number of hydrogen-bond acceptors (Lipinski definition) is 4. The van der Waals surface area contributed by atoms with Gasteiger partial charge in [0.2, 0.25) is 0 Å². The lowest BCUT2D eigenvalue weighted by molar-refractivity contribution is -0.937. The van der Waals surface area contributed by atoms with E-state index < -0.39 is 0 Å². The molecule has 6 nitrogen and oxygen atoms in total. The Bertz CT molecular complexity index is 884. The van der Waals surface area contributed by atoms with Crippen LogP contribution in [-0.4, -0.2) is 73.4 Å². The summed E-state index contributed by atoms with van der Waals surface area (Å²) < 4.78 is 12.1. The third kappa shape index (κ3) is 14.7. The number of halogens is 2. The summed E-state index contributed by atoms with van der Waals surface area (Å²) in [5.41, 5.74) is 2.64. The number of rotatable bonds is 16. The predicted molar refractivity (Wildman–Crippen MR) is 155 cm³/mol. The Labute approximate surface area is 254 Å². The van der Waals surface area contributed by atoms with Gasteiger partial charge in [-0.2, -0.15) is 0 Å². The van der Waals surface area contributed by atoms with Crippen LogP contribution in [0.15, 0.2) is 86.0 Å². The molecule has 0 fully saturated rings. The summed E-state index contributed by atoms with van der Waals surface area (Å²) in [4.78, 5) is 22.2. The van der Waals surface area contributed by atoms with E-state index in [0.29, 0.717) is 13.2 Å². The third-order valence-electron chi connectivity index (χ3n) is 7.36. The summed E-state index contributed by atoms with van der Waals surface area (Å²) in [5.74, 6) is -0.685. The van der Waals surface area contributed by atoms with Crippen molar-refractivity contribution < 1.29 is 52.8 Å². The average molecular weight is 596 g/mol. The van der Waals surface area contributed by atoms with Crippen LogP contribution in [0, 0.1) is 0 Å². The molecule has 0 aliphatic heterocycles. The SMILES string of the molecule is C=CC(=O)OCC[N+](CC)(CC)Cc1ccccc1.C=CC(=O)OCC[N+](CC)(CC)Cc1ccccc1.[Cl-].[Cl-]. The van der Waals surface area contributed by atoms with Crippen molar-refractivity contribution in [2.75, 3.05) is 52.5 Å². The van der Waals surface area contributed by atoms with Crippen molar-refractivity contribution in [1.29, 1.82) is 0 Å². The van der Waals surface area contributed by atoms with Crippen LogP contribution in [-0.2, 0) is 32.2 Å². The van der Waals surface area contributed by atoms with Crippen LogP contribution in [0.25, 0.3) is 0 Å². The van der Waals surface area contributed by atoms with E-state index in [2.05, 4.69) is 89.4 Å². The number of ether oxygens (including phenoxy) is 2. The molecule has 0 amide bonds. The lowest BCUT2D eigenvalue weighted by atomic mass is 10.2. The van der Waals surface area contributed by atoms with E-state index in [9.17, 15) is 9.59 Å². The second kappa shape index (κ2) is 22.1. The Hall–Kier alpha value is -2.64. The number of benzene rings is 2. The molecule has 0 radical (unpaired) electrons. The van der Waals surface area contributed by atoms with Gasteiger partial charge in [-0.1, -0.05) is 73.8 Å². The molecule has 8 heteroatoms. The predicted octanol–water partition coefficient (Wildman–Crippen LogP) is -0.447. The maximum absolute atomic E-state index is 11.1. The summed E-state index contributed by atoms with van der Waals surface area (Å²) in [6.07, 6.45) is 2.42. The van der Waals surface area contributed by atoms with Crippen molar-refractivity contribution in [3.8, 4) is 0 Å². The van der Waals surface area contributed by atoms with Gasteiger partial charge in [-0.25, -0.2) is 9.59 Å². The molecule has 40 heavy (non-hydrogen) atoms. The number of nitrogens with zero attached hydrogens (tertiary/aromatic N) is 2. The van der Waals surface area contributed by atoms with E-state index in [1.807, 2.05) is 12.1 Å². The van der Waals surface area contributed by atoms with Gasteiger partial charge in [0.05, 0.1) is 26.2 Å². The first kappa shape index (κ1) is 39.5. The monoisotopic (exact) mass is 594 g/mol. The molecule has 0 saturated carbocycles. The molecule has 224 valence electrons. The van der Waals surface area contributed by atoms with Gasteiger partial charge in [-0.15, -0.1) is 0 Å². The molecule has 2 aromatic rings. The Balaban J connectivity index is 0. The lowest BCUT2D eigenvalue weighted by Crippen LogP contribution is -3.00. The molecule has 0 N–H and O–H groups in total. The Morgan fingerprint density at radius 1 is 0.625 bits per heavy atom. The highest BCUT2D eigenvalue weighted by atomic mass is 35.5. The van der Waals surface area contributed by atoms with Gasteiger partial charge in [-0.3, -0.25) is 0 Å². The van der Waals surface area contributed by atoms with E-state index >= 15 is 0 Å². The normalized spacial score (nSPS) is 10.5. The Kier molecular flexibility index (Phi) is 21.8. The first-order valence-electron chi connectivity index (χ1n) is 13.7. The van der Waals surface area contributed by atoms with Crippen LogP contribution < -0.4 is 24.8 Å². The number of quaternary nitrogens is 2. The quantitative estimate of drug-likeness (QED) is 0.150. The highest BCUT2D eigenvalue weighted by molar-refractivity contribution is 5.81. The molecule has 0 aromatic heterocycles. The second-order valence-corrected chi connectivity index (χ2v) is 9.43. The minimum atomic E-state index is -0.343. The van der Waals surface area contributed by atoms with Gasteiger partial charge in [0.1, 0.15) is 39.4 Å². The van der Waals surface area contributed by atoms with Crippen molar-refractivity contribution >= 4 is 11.9 Å². The summed E-state index contributed by atoms with van der Waals surface area (Å²) in [7, 11) is 0. The van der Waals surface area contributed by atoms with Crippen molar-refractivity contribution in [3.63, 3.8) is 0 Å². The maximum atomic E-state index is 11.1. The van der Waals surface area contributed by atoms with Crippen LogP contribution >= 0.6 is 0 Å². The zero-order valence-electron chi connectivity index (χ0n) is 24.7. The number of esters is 2. The van der Waals surface area contributed by atoms with Crippen molar-refractivity contribution in [2.24, 2.45) is 0 Å². The smallest absolute Gasteiger partial charge is 0.330 e. The maximum Gasteiger partial charge on any atom is 0.330 e. The standard InChI is InChI=1S/2C16H24NO2.2ClH/c2*1-4-16(18)19-13-12-17(5-2,6-3)14-15-10-8-7-9-11-15;;/h2*4,7-11H,1,5-6,12-14H2,2-3H3;2*1H/q2*+1;;/p-2. The topological polar surface area (TPSA) is 52.6 Å². The zero-order valence-corrected chi connectivity index (χ0v) is 26.2. The van der Waals surface area contributed by atoms with Crippen molar-refractivity contribution in [1.82, 2.24) is 0 Å². The molecule has 2 aromatic carbocycles. The number of carbonyl (C=O) groups excluding carboxylic acids is 2. The first-order chi connectivity index (χ1) is 18.3. The van der Waals surface area contributed by atoms with Gasteiger partial charge in [0.25, 0.3) is 0 Å². The molecule has 0 aliphatic rings. The van der Waals surface area contributed by atoms with E-state index in [1.165, 1.54) is 23.3 Å². The van der Waals surface area contributed by atoms with E-state index in [0.717, 1.165) is 61.3 Å². The van der Waals surface area contributed by atoms with Crippen LogP contribution in [0.5, 0.6) is 0 Å². The van der Waals surface area contributed by atoms with E-state index in [-0.39, 0.29) is 36.8 Å². The van der Waals surface area contributed by atoms with Gasteiger partial charge in [0, 0.05) is 23.3 Å². The molecule has 0 bridgehead atoms. The summed E-state index contributed by atoms with van der Waals surface area (Å²) >= 11 is 0. The molecule has 0 saturated heterocycles. The third-order valence-corrected chi connectivity index (χ3v) is 7.36. The molecule has 2 rings (SSSR count). The fourth-order valence-corrected chi connectivity index (χ4v) is 4.42. The van der Waals surface area contributed by atoms with Gasteiger partial charge >= 0.3 is 11.9 Å². The Morgan fingerprint density at radius 3 is 1.18 bits per heavy atom. The van der Waals surface area contributed by atoms with Crippen LogP contribution in [0.3, 0.4) is 0 Å².